The largest absolute Gasteiger partial charge is 0.491 e. The van der Waals surface area contributed by atoms with E-state index in [1.54, 1.807) is 0 Å². The van der Waals surface area contributed by atoms with E-state index in [4.69, 9.17) is 16.3 Å². The second-order valence-corrected chi connectivity index (χ2v) is 7.55. The van der Waals surface area contributed by atoms with Crippen LogP contribution in [0.25, 0.3) is 0 Å². The van der Waals surface area contributed by atoms with Gasteiger partial charge in [-0.25, -0.2) is 8.42 Å². The molecule has 0 atom stereocenters. The number of rotatable bonds is 5. The van der Waals surface area contributed by atoms with Crippen LogP contribution in [0.2, 0.25) is 5.02 Å². The van der Waals surface area contributed by atoms with Crippen LogP contribution >= 0.6 is 11.6 Å². The Labute approximate surface area is 148 Å². The molecule has 1 N–H and O–H groups in total. The van der Waals surface area contributed by atoms with E-state index in [-0.39, 0.29) is 16.0 Å². The number of nitrogens with one attached hydrogen (secondary N) is 1. The summed E-state index contributed by atoms with van der Waals surface area (Å²) in [7, 11) is -4.20. The Bertz CT molecular complexity index is 850. The zero-order valence-electron chi connectivity index (χ0n) is 13.3. The quantitative estimate of drug-likeness (QED) is 0.782. The highest BCUT2D eigenvalue weighted by atomic mass is 35.5. The van der Waals surface area contributed by atoms with E-state index in [0.29, 0.717) is 11.8 Å². The standard InChI is InChI=1S/C16H15ClF3NO3S/c1-10(2)24-12-4-6-13(7-5-12)25(22,23)21-15-8-3-11(17)9-14(15)16(18,19)20/h3-10,21H,1-2H3. The third-order valence-electron chi connectivity index (χ3n) is 3.04. The lowest BCUT2D eigenvalue weighted by Crippen LogP contribution is -2.17. The SMILES string of the molecule is CC(C)Oc1ccc(S(=O)(=O)Nc2ccc(Cl)cc2C(F)(F)F)cc1. The lowest BCUT2D eigenvalue weighted by atomic mass is 10.2. The van der Waals surface area contributed by atoms with Gasteiger partial charge in [0.1, 0.15) is 5.75 Å². The summed E-state index contributed by atoms with van der Waals surface area (Å²) in [5.74, 6) is 0.455. The van der Waals surface area contributed by atoms with Gasteiger partial charge in [-0.15, -0.1) is 0 Å². The minimum Gasteiger partial charge on any atom is -0.491 e. The number of hydrogen-bond acceptors (Lipinski definition) is 3. The van der Waals surface area contributed by atoms with Crippen molar-refractivity contribution in [3.05, 3.63) is 53.1 Å². The maximum absolute atomic E-state index is 13.1. The fourth-order valence-corrected chi connectivity index (χ4v) is 3.27. The Morgan fingerprint density at radius 2 is 1.68 bits per heavy atom. The van der Waals surface area contributed by atoms with Gasteiger partial charge in [-0.2, -0.15) is 13.2 Å². The molecule has 0 amide bonds. The van der Waals surface area contributed by atoms with E-state index >= 15 is 0 Å². The van der Waals surface area contributed by atoms with Crippen LogP contribution in [0.3, 0.4) is 0 Å². The summed E-state index contributed by atoms with van der Waals surface area (Å²) in [4.78, 5) is -0.188. The Balaban J connectivity index is 2.33. The van der Waals surface area contributed by atoms with Crippen LogP contribution in [0.5, 0.6) is 5.75 Å². The molecular formula is C16H15ClF3NO3S. The van der Waals surface area contributed by atoms with Crippen molar-refractivity contribution < 1.29 is 26.3 Å². The maximum atomic E-state index is 13.1. The van der Waals surface area contributed by atoms with Crippen molar-refractivity contribution in [1.29, 1.82) is 0 Å². The summed E-state index contributed by atoms with van der Waals surface area (Å²) in [5.41, 5.74) is -1.76. The van der Waals surface area contributed by atoms with Gasteiger partial charge in [-0.1, -0.05) is 11.6 Å². The first-order valence-corrected chi connectivity index (χ1v) is 9.01. The molecule has 2 aromatic rings. The van der Waals surface area contributed by atoms with Crippen LogP contribution < -0.4 is 9.46 Å². The van der Waals surface area contributed by atoms with Crippen LogP contribution in [0.15, 0.2) is 47.4 Å². The van der Waals surface area contributed by atoms with Crippen LogP contribution in [-0.2, 0) is 16.2 Å². The molecule has 0 aliphatic heterocycles. The molecule has 136 valence electrons. The van der Waals surface area contributed by atoms with Gasteiger partial charge in [0.05, 0.1) is 22.3 Å². The molecule has 0 bridgehead atoms. The normalized spacial score (nSPS) is 12.3. The molecule has 0 radical (unpaired) electrons. The number of alkyl halides is 3. The van der Waals surface area contributed by atoms with Crippen LogP contribution in [0, 0.1) is 0 Å². The average molecular weight is 394 g/mol. The summed E-state index contributed by atoms with van der Waals surface area (Å²) in [5, 5.41) is -0.148. The number of anilines is 1. The third-order valence-corrected chi connectivity index (χ3v) is 4.65. The highest BCUT2D eigenvalue weighted by Crippen LogP contribution is 2.37. The second-order valence-electron chi connectivity index (χ2n) is 5.43. The van der Waals surface area contributed by atoms with E-state index in [2.05, 4.69) is 0 Å². The molecule has 0 saturated carbocycles. The van der Waals surface area contributed by atoms with E-state index < -0.39 is 27.5 Å². The van der Waals surface area contributed by atoms with Gasteiger partial charge in [-0.3, -0.25) is 4.72 Å². The highest BCUT2D eigenvalue weighted by Gasteiger charge is 2.35. The molecule has 0 heterocycles. The Morgan fingerprint density at radius 3 is 2.20 bits per heavy atom. The zero-order valence-corrected chi connectivity index (χ0v) is 14.8. The molecule has 0 spiro atoms. The number of halogens is 4. The van der Waals surface area contributed by atoms with Gasteiger partial charge in [-0.05, 0) is 56.3 Å². The monoisotopic (exact) mass is 393 g/mol. The highest BCUT2D eigenvalue weighted by molar-refractivity contribution is 7.92. The number of sulfonamides is 1. The van der Waals surface area contributed by atoms with E-state index in [1.165, 1.54) is 30.3 Å². The molecular weight excluding hydrogens is 379 g/mol. The van der Waals surface area contributed by atoms with E-state index in [9.17, 15) is 21.6 Å². The molecule has 2 aromatic carbocycles. The predicted octanol–water partition coefficient (Wildman–Crippen LogP) is 4.95. The van der Waals surface area contributed by atoms with Crippen molar-refractivity contribution in [3.8, 4) is 5.75 Å². The zero-order chi connectivity index (χ0) is 18.8. The predicted molar refractivity (Wildman–Crippen MR) is 89.5 cm³/mol. The second kappa shape index (κ2) is 7.13. The van der Waals surface area contributed by atoms with E-state index in [1.807, 2.05) is 18.6 Å². The lowest BCUT2D eigenvalue weighted by Gasteiger charge is -2.15. The molecule has 0 aromatic heterocycles. The molecule has 0 aliphatic rings. The topological polar surface area (TPSA) is 55.4 Å². The first kappa shape index (κ1) is 19.4. The van der Waals surface area contributed by atoms with Gasteiger partial charge in [0.2, 0.25) is 0 Å². The molecule has 0 aliphatic carbocycles. The summed E-state index contributed by atoms with van der Waals surface area (Å²) in [6.07, 6.45) is -4.85. The fourth-order valence-electron chi connectivity index (χ4n) is 2.01. The minimum absolute atomic E-state index is 0.0935. The van der Waals surface area contributed by atoms with Crippen LogP contribution in [0.4, 0.5) is 18.9 Å². The van der Waals surface area contributed by atoms with Gasteiger partial charge in [0, 0.05) is 5.02 Å². The molecule has 0 fully saturated rings. The molecule has 2 rings (SSSR count). The van der Waals surface area contributed by atoms with Crippen molar-refractivity contribution in [2.45, 2.75) is 31.0 Å². The van der Waals surface area contributed by atoms with Crippen molar-refractivity contribution in [2.24, 2.45) is 0 Å². The molecule has 4 nitrogen and oxygen atoms in total. The molecule has 9 heteroatoms. The Morgan fingerprint density at radius 1 is 1.08 bits per heavy atom. The first-order chi connectivity index (χ1) is 11.5. The Hall–Kier alpha value is -1.93. The Kier molecular flexibility index (Phi) is 5.53. The maximum Gasteiger partial charge on any atom is 0.418 e. The van der Waals surface area contributed by atoms with Gasteiger partial charge < -0.3 is 4.74 Å². The number of hydrogen-bond donors (Lipinski definition) is 1. The van der Waals surface area contributed by atoms with E-state index in [0.717, 1.165) is 6.07 Å². The first-order valence-electron chi connectivity index (χ1n) is 7.15. The van der Waals surface area contributed by atoms with Crippen molar-refractivity contribution in [3.63, 3.8) is 0 Å². The third kappa shape index (κ3) is 5.02. The minimum atomic E-state index is -4.75. The summed E-state index contributed by atoms with van der Waals surface area (Å²) < 4.78 is 71.3. The van der Waals surface area contributed by atoms with Crippen molar-refractivity contribution >= 4 is 27.3 Å². The fraction of sp³-hybridized carbons (Fsp3) is 0.250. The van der Waals surface area contributed by atoms with Crippen molar-refractivity contribution in [1.82, 2.24) is 0 Å². The summed E-state index contributed by atoms with van der Waals surface area (Å²) >= 11 is 5.58. The molecule has 0 saturated heterocycles. The van der Waals surface area contributed by atoms with Gasteiger partial charge >= 0.3 is 6.18 Å². The number of benzene rings is 2. The summed E-state index contributed by atoms with van der Waals surface area (Å²) in [6.45, 7) is 3.62. The molecule has 25 heavy (non-hydrogen) atoms. The average Bonchev–Trinajstić information content (AvgIpc) is 2.48. The van der Waals surface area contributed by atoms with Gasteiger partial charge in [0.15, 0.2) is 0 Å². The van der Waals surface area contributed by atoms with Crippen LogP contribution in [0.1, 0.15) is 19.4 Å². The van der Waals surface area contributed by atoms with Crippen molar-refractivity contribution in [2.75, 3.05) is 4.72 Å². The van der Waals surface area contributed by atoms with Gasteiger partial charge in [0.25, 0.3) is 10.0 Å². The van der Waals surface area contributed by atoms with Crippen LogP contribution in [-0.4, -0.2) is 14.5 Å². The number of ether oxygens (including phenoxy) is 1. The summed E-state index contributed by atoms with van der Waals surface area (Å²) in [6, 6.07) is 8.18. The lowest BCUT2D eigenvalue weighted by molar-refractivity contribution is -0.136. The smallest absolute Gasteiger partial charge is 0.418 e. The molecule has 0 unspecified atom stereocenters.